The summed E-state index contributed by atoms with van der Waals surface area (Å²) in [4.78, 5) is 15.1. The molecular weight excluding hydrogens is 406 g/mol. The molecule has 0 unspecified atom stereocenters. The Morgan fingerprint density at radius 2 is 1.97 bits per heavy atom. The quantitative estimate of drug-likeness (QED) is 0.362. The highest BCUT2D eigenvalue weighted by Gasteiger charge is 2.43. The zero-order valence-corrected chi connectivity index (χ0v) is 20.7. The van der Waals surface area contributed by atoms with E-state index in [-0.39, 0.29) is 11.4 Å². The molecule has 0 radical (unpaired) electrons. The molecule has 0 aromatic heterocycles. The fraction of sp³-hybridized carbons (Fsp3) is 0.483. The number of nitrogens with one attached hydrogen (secondary N) is 2. The summed E-state index contributed by atoms with van der Waals surface area (Å²) in [6, 6.07) is 14.4. The van der Waals surface area contributed by atoms with Gasteiger partial charge in [0.2, 0.25) is 0 Å². The average Bonchev–Trinajstić information content (AvgIpc) is 3.58. The maximum absolute atomic E-state index is 12.8. The molecular formula is C29H39N3O. The van der Waals surface area contributed by atoms with Crippen LogP contribution < -0.4 is 10.6 Å². The van der Waals surface area contributed by atoms with E-state index in [1.54, 1.807) is 0 Å². The highest BCUT2D eigenvalue weighted by molar-refractivity contribution is 5.94. The number of benzene rings is 2. The minimum Gasteiger partial charge on any atom is -0.352 e. The van der Waals surface area contributed by atoms with Gasteiger partial charge in [0.05, 0.1) is 0 Å². The van der Waals surface area contributed by atoms with Gasteiger partial charge in [0.25, 0.3) is 5.91 Å². The normalized spacial score (nSPS) is 14.3. The largest absolute Gasteiger partial charge is 0.352 e. The third-order valence-corrected chi connectivity index (χ3v) is 6.37. The highest BCUT2D eigenvalue weighted by Crippen LogP contribution is 2.45. The van der Waals surface area contributed by atoms with Gasteiger partial charge in [-0.2, -0.15) is 0 Å². The predicted molar refractivity (Wildman–Crippen MR) is 137 cm³/mol. The number of hydrogen-bond donors (Lipinski definition) is 2. The van der Waals surface area contributed by atoms with Crippen molar-refractivity contribution in [2.45, 2.75) is 58.5 Å². The van der Waals surface area contributed by atoms with Crippen LogP contribution in [0.5, 0.6) is 0 Å². The van der Waals surface area contributed by atoms with Crippen molar-refractivity contribution in [2.75, 3.05) is 26.7 Å². The van der Waals surface area contributed by atoms with Gasteiger partial charge in [0.15, 0.2) is 0 Å². The molecule has 2 N–H and O–H groups in total. The lowest BCUT2D eigenvalue weighted by atomic mass is 10.0. The zero-order valence-electron chi connectivity index (χ0n) is 20.7. The van der Waals surface area contributed by atoms with Gasteiger partial charge in [-0.25, -0.2) is 0 Å². The Morgan fingerprint density at radius 3 is 2.67 bits per heavy atom. The SMILES string of the molecule is C#Cc1cccc(C2(NCCCNC(=O)c3cc(C)cc(CN(C)CCC(C)C)c3)CC2)c1. The van der Waals surface area contributed by atoms with Crippen LogP contribution in [0.3, 0.4) is 0 Å². The van der Waals surface area contributed by atoms with E-state index >= 15 is 0 Å². The van der Waals surface area contributed by atoms with Crippen LogP contribution in [-0.2, 0) is 12.1 Å². The van der Waals surface area contributed by atoms with E-state index < -0.39 is 0 Å². The minimum absolute atomic E-state index is 0.00707. The van der Waals surface area contributed by atoms with Crippen LogP contribution in [0.4, 0.5) is 0 Å². The van der Waals surface area contributed by atoms with Crippen molar-refractivity contribution in [2.24, 2.45) is 5.92 Å². The first-order chi connectivity index (χ1) is 15.8. The molecule has 1 saturated carbocycles. The Labute approximate surface area is 200 Å². The molecule has 0 atom stereocenters. The summed E-state index contributed by atoms with van der Waals surface area (Å²) in [5.74, 6) is 3.43. The van der Waals surface area contributed by atoms with E-state index in [4.69, 9.17) is 6.42 Å². The van der Waals surface area contributed by atoms with Crippen molar-refractivity contribution in [3.05, 3.63) is 70.3 Å². The van der Waals surface area contributed by atoms with Crippen molar-refractivity contribution in [3.8, 4) is 12.3 Å². The molecule has 0 spiro atoms. The Balaban J connectivity index is 1.45. The second-order valence-electron chi connectivity index (χ2n) is 9.97. The molecule has 0 aliphatic heterocycles. The lowest BCUT2D eigenvalue weighted by Crippen LogP contribution is -2.33. The van der Waals surface area contributed by atoms with Crippen molar-refractivity contribution in [1.29, 1.82) is 0 Å². The van der Waals surface area contributed by atoms with Gasteiger partial charge in [0.1, 0.15) is 0 Å². The first kappa shape index (κ1) is 25.0. The highest BCUT2D eigenvalue weighted by atomic mass is 16.1. The van der Waals surface area contributed by atoms with Crippen LogP contribution in [0.15, 0.2) is 42.5 Å². The fourth-order valence-electron chi connectivity index (χ4n) is 4.27. The Kier molecular flexibility index (Phi) is 8.72. The first-order valence-corrected chi connectivity index (χ1v) is 12.2. The molecule has 1 amide bonds. The molecule has 4 heteroatoms. The summed E-state index contributed by atoms with van der Waals surface area (Å²) >= 11 is 0. The van der Waals surface area contributed by atoms with E-state index in [0.29, 0.717) is 12.5 Å². The molecule has 0 heterocycles. The van der Waals surface area contributed by atoms with Gasteiger partial charge < -0.3 is 15.5 Å². The summed E-state index contributed by atoms with van der Waals surface area (Å²) in [7, 11) is 2.15. The fourth-order valence-corrected chi connectivity index (χ4v) is 4.27. The van der Waals surface area contributed by atoms with E-state index in [9.17, 15) is 4.79 Å². The number of rotatable bonds is 12. The van der Waals surface area contributed by atoms with Gasteiger partial charge in [-0.1, -0.05) is 43.5 Å². The van der Waals surface area contributed by atoms with Gasteiger partial charge in [-0.05, 0) is 94.1 Å². The van der Waals surface area contributed by atoms with Crippen molar-refractivity contribution in [1.82, 2.24) is 15.5 Å². The lowest BCUT2D eigenvalue weighted by molar-refractivity contribution is 0.0953. The summed E-state index contributed by atoms with van der Waals surface area (Å²) in [5, 5.41) is 6.78. The number of amides is 1. The summed E-state index contributed by atoms with van der Waals surface area (Å²) in [6.45, 7) is 10.0. The van der Waals surface area contributed by atoms with Gasteiger partial charge in [-0.3, -0.25) is 4.79 Å². The summed E-state index contributed by atoms with van der Waals surface area (Å²) < 4.78 is 0. The summed E-state index contributed by atoms with van der Waals surface area (Å²) in [5.41, 5.74) is 5.33. The molecule has 0 bridgehead atoms. The van der Waals surface area contributed by atoms with Crippen molar-refractivity contribution in [3.63, 3.8) is 0 Å². The topological polar surface area (TPSA) is 44.4 Å². The monoisotopic (exact) mass is 445 g/mol. The molecule has 2 aromatic carbocycles. The third-order valence-electron chi connectivity index (χ3n) is 6.37. The minimum atomic E-state index is 0.00707. The molecule has 0 saturated heterocycles. The smallest absolute Gasteiger partial charge is 0.251 e. The van der Waals surface area contributed by atoms with Crippen molar-refractivity contribution >= 4 is 5.91 Å². The Hall–Kier alpha value is -2.61. The van der Waals surface area contributed by atoms with Gasteiger partial charge in [-0.15, -0.1) is 6.42 Å². The van der Waals surface area contributed by atoms with Crippen LogP contribution in [0.25, 0.3) is 0 Å². The second kappa shape index (κ2) is 11.5. The lowest BCUT2D eigenvalue weighted by Gasteiger charge is -2.19. The molecule has 1 aliphatic carbocycles. The maximum Gasteiger partial charge on any atom is 0.251 e. The zero-order chi connectivity index (χ0) is 23.8. The molecule has 1 aliphatic rings. The van der Waals surface area contributed by atoms with Crippen LogP contribution in [0.2, 0.25) is 0 Å². The van der Waals surface area contributed by atoms with Crippen LogP contribution in [0, 0.1) is 25.2 Å². The van der Waals surface area contributed by atoms with Crippen LogP contribution in [0.1, 0.15) is 72.1 Å². The van der Waals surface area contributed by atoms with E-state index in [0.717, 1.165) is 55.6 Å². The van der Waals surface area contributed by atoms with Crippen molar-refractivity contribution < 1.29 is 4.79 Å². The average molecular weight is 446 g/mol. The number of aryl methyl sites for hydroxylation is 1. The van der Waals surface area contributed by atoms with Gasteiger partial charge in [0, 0.05) is 29.8 Å². The van der Waals surface area contributed by atoms with E-state index in [2.05, 4.69) is 67.5 Å². The Morgan fingerprint density at radius 1 is 1.18 bits per heavy atom. The van der Waals surface area contributed by atoms with Crippen LogP contribution in [-0.4, -0.2) is 37.5 Å². The molecule has 2 aromatic rings. The molecule has 176 valence electrons. The standard InChI is InChI=1S/C29H39N3O/c1-6-24-9-7-10-27(20-24)29(12-13-29)31-15-8-14-30-28(33)26-18-23(4)17-25(19-26)21-32(5)16-11-22(2)3/h1,7,9-10,17-20,22,31H,8,11-16,21H2,2-5H3,(H,30,33). The Bertz CT molecular complexity index is 985. The second-order valence-corrected chi connectivity index (χ2v) is 9.97. The van der Waals surface area contributed by atoms with Crippen LogP contribution >= 0.6 is 0 Å². The number of carbonyl (C=O) groups is 1. The summed E-state index contributed by atoms with van der Waals surface area (Å²) in [6.07, 6.45) is 9.88. The number of hydrogen-bond acceptors (Lipinski definition) is 3. The number of nitrogens with zero attached hydrogens (tertiary/aromatic N) is 1. The van der Waals surface area contributed by atoms with E-state index in [1.807, 2.05) is 24.3 Å². The number of terminal acetylenes is 1. The number of carbonyl (C=O) groups excluding carboxylic acids is 1. The predicted octanol–water partition coefficient (Wildman–Crippen LogP) is 4.85. The van der Waals surface area contributed by atoms with E-state index in [1.165, 1.54) is 17.5 Å². The third kappa shape index (κ3) is 7.45. The molecule has 4 nitrogen and oxygen atoms in total. The molecule has 33 heavy (non-hydrogen) atoms. The molecule has 1 fully saturated rings. The first-order valence-electron chi connectivity index (χ1n) is 12.2. The van der Waals surface area contributed by atoms with Gasteiger partial charge >= 0.3 is 0 Å². The maximum atomic E-state index is 12.8. The molecule has 3 rings (SSSR count).